The van der Waals surface area contributed by atoms with Gasteiger partial charge in [0, 0.05) is 30.3 Å². The quantitative estimate of drug-likeness (QED) is 0.354. The highest BCUT2D eigenvalue weighted by Gasteiger charge is 2.30. The lowest BCUT2D eigenvalue weighted by Crippen LogP contribution is -2.27. The van der Waals surface area contributed by atoms with Gasteiger partial charge >= 0.3 is 0 Å². The van der Waals surface area contributed by atoms with Crippen molar-refractivity contribution in [1.29, 1.82) is 0 Å². The van der Waals surface area contributed by atoms with Gasteiger partial charge in [0.1, 0.15) is 15.8 Å². The highest BCUT2D eigenvalue weighted by Crippen LogP contribution is 2.33. The van der Waals surface area contributed by atoms with Gasteiger partial charge in [-0.25, -0.2) is 0 Å². The second-order valence-corrected chi connectivity index (χ2v) is 6.61. The van der Waals surface area contributed by atoms with Crippen molar-refractivity contribution in [2.24, 2.45) is 0 Å². The van der Waals surface area contributed by atoms with Crippen LogP contribution in [0.4, 0.5) is 5.69 Å². The van der Waals surface area contributed by atoms with Gasteiger partial charge in [-0.05, 0) is 31.2 Å². The molecule has 0 N–H and O–H groups in total. The molecule has 0 aliphatic carbocycles. The number of nitro benzene ring substituents is 1. The molecule has 0 bridgehead atoms. The third-order valence-electron chi connectivity index (χ3n) is 3.45. The zero-order valence-electron chi connectivity index (χ0n) is 12.6. The average molecular weight is 360 g/mol. The number of non-ortho nitro benzene ring substituents is 1. The van der Waals surface area contributed by atoms with Crippen LogP contribution in [0.1, 0.15) is 12.7 Å². The highest BCUT2D eigenvalue weighted by molar-refractivity contribution is 8.26. The van der Waals surface area contributed by atoms with Gasteiger partial charge < -0.3 is 4.42 Å². The number of carbonyl (C=O) groups is 1. The molecule has 24 heavy (non-hydrogen) atoms. The molecule has 1 aromatic heterocycles. The van der Waals surface area contributed by atoms with Crippen molar-refractivity contribution >= 4 is 46.0 Å². The minimum atomic E-state index is -0.451. The van der Waals surface area contributed by atoms with E-state index in [1.54, 1.807) is 30.3 Å². The Morgan fingerprint density at radius 2 is 2.00 bits per heavy atom. The summed E-state index contributed by atoms with van der Waals surface area (Å²) in [6.07, 6.45) is 1.66. The molecular formula is C16H12N2O4S2. The van der Waals surface area contributed by atoms with E-state index >= 15 is 0 Å². The lowest BCUT2D eigenvalue weighted by molar-refractivity contribution is -0.384. The molecule has 0 unspecified atom stereocenters. The number of carbonyl (C=O) groups excluding carboxylic acids is 1. The van der Waals surface area contributed by atoms with Crippen LogP contribution in [-0.4, -0.2) is 26.6 Å². The molecule has 1 fully saturated rings. The number of thiocarbonyl (C=S) groups is 1. The Morgan fingerprint density at radius 3 is 2.58 bits per heavy atom. The summed E-state index contributed by atoms with van der Waals surface area (Å²) in [6, 6.07) is 9.59. The van der Waals surface area contributed by atoms with Crippen molar-refractivity contribution in [2.75, 3.05) is 6.54 Å². The Morgan fingerprint density at radius 1 is 1.29 bits per heavy atom. The Hall–Kier alpha value is -2.45. The van der Waals surface area contributed by atoms with E-state index < -0.39 is 4.92 Å². The number of thioether (sulfide) groups is 1. The number of benzene rings is 1. The van der Waals surface area contributed by atoms with Crippen LogP contribution in [0.25, 0.3) is 17.4 Å². The van der Waals surface area contributed by atoms with E-state index in [4.69, 9.17) is 16.6 Å². The maximum Gasteiger partial charge on any atom is 0.269 e. The summed E-state index contributed by atoms with van der Waals surface area (Å²) in [5.41, 5.74) is 0.745. The minimum Gasteiger partial charge on any atom is -0.457 e. The molecule has 1 saturated heterocycles. The van der Waals surface area contributed by atoms with Crippen molar-refractivity contribution in [1.82, 2.24) is 4.90 Å². The van der Waals surface area contributed by atoms with E-state index in [2.05, 4.69) is 0 Å². The first-order chi connectivity index (χ1) is 11.5. The fourth-order valence-corrected chi connectivity index (χ4v) is 3.60. The molecule has 0 saturated carbocycles. The lowest BCUT2D eigenvalue weighted by atomic mass is 10.1. The van der Waals surface area contributed by atoms with Crippen LogP contribution < -0.4 is 0 Å². The number of furan rings is 1. The third-order valence-corrected chi connectivity index (χ3v) is 4.83. The van der Waals surface area contributed by atoms with Crippen molar-refractivity contribution in [2.45, 2.75) is 6.92 Å². The summed E-state index contributed by atoms with van der Waals surface area (Å²) >= 11 is 6.41. The maximum absolute atomic E-state index is 12.2. The molecule has 2 heterocycles. The van der Waals surface area contributed by atoms with Crippen LogP contribution in [0.2, 0.25) is 0 Å². The predicted octanol–water partition coefficient (Wildman–Crippen LogP) is 4.08. The number of hydrogen-bond donors (Lipinski definition) is 0. The van der Waals surface area contributed by atoms with Crippen molar-refractivity contribution < 1.29 is 14.1 Å². The average Bonchev–Trinajstić information content (AvgIpc) is 3.13. The van der Waals surface area contributed by atoms with Gasteiger partial charge in [-0.15, -0.1) is 0 Å². The first-order valence-corrected chi connectivity index (χ1v) is 8.32. The van der Waals surface area contributed by atoms with Crippen molar-refractivity contribution in [3.63, 3.8) is 0 Å². The number of rotatable bonds is 4. The molecule has 8 heteroatoms. The van der Waals surface area contributed by atoms with E-state index in [0.29, 0.717) is 27.3 Å². The van der Waals surface area contributed by atoms with Crippen LogP contribution in [0.15, 0.2) is 45.7 Å². The number of likely N-dealkylation sites (N-methyl/N-ethyl adjacent to an activating group) is 1. The summed E-state index contributed by atoms with van der Waals surface area (Å²) in [7, 11) is 0. The first kappa shape index (κ1) is 16.4. The SMILES string of the molecule is CCN1C(=O)/C(=C\c2ccc(-c3ccc([N+](=O)[O-])cc3)o2)SC1=S. The summed E-state index contributed by atoms with van der Waals surface area (Å²) in [4.78, 5) is 24.5. The van der Waals surface area contributed by atoms with Crippen LogP contribution >= 0.6 is 24.0 Å². The van der Waals surface area contributed by atoms with Crippen LogP contribution in [-0.2, 0) is 4.79 Å². The van der Waals surface area contributed by atoms with E-state index in [1.807, 2.05) is 6.92 Å². The van der Waals surface area contributed by atoms with E-state index in [-0.39, 0.29) is 11.6 Å². The number of nitro groups is 1. The minimum absolute atomic E-state index is 0.0220. The fourth-order valence-electron chi connectivity index (χ4n) is 2.23. The molecule has 0 radical (unpaired) electrons. The van der Waals surface area contributed by atoms with Gasteiger partial charge in [0.15, 0.2) is 0 Å². The van der Waals surface area contributed by atoms with E-state index in [9.17, 15) is 14.9 Å². The summed E-state index contributed by atoms with van der Waals surface area (Å²) in [6.45, 7) is 2.40. The summed E-state index contributed by atoms with van der Waals surface area (Å²) in [5, 5.41) is 10.7. The fraction of sp³-hybridized carbons (Fsp3) is 0.125. The molecular weight excluding hydrogens is 348 g/mol. The largest absolute Gasteiger partial charge is 0.457 e. The van der Waals surface area contributed by atoms with Gasteiger partial charge in [0.2, 0.25) is 0 Å². The smallest absolute Gasteiger partial charge is 0.269 e. The van der Waals surface area contributed by atoms with Gasteiger partial charge in [-0.3, -0.25) is 19.8 Å². The molecule has 1 aliphatic rings. The Kier molecular flexibility index (Phi) is 4.50. The Balaban J connectivity index is 1.83. The topological polar surface area (TPSA) is 76.6 Å². The Labute approximate surface area is 147 Å². The van der Waals surface area contributed by atoms with Crippen LogP contribution in [0.3, 0.4) is 0 Å². The van der Waals surface area contributed by atoms with E-state index in [0.717, 1.165) is 5.56 Å². The molecule has 1 amide bonds. The lowest BCUT2D eigenvalue weighted by Gasteiger charge is -2.09. The predicted molar refractivity (Wildman–Crippen MR) is 96.4 cm³/mol. The van der Waals surface area contributed by atoms with Gasteiger partial charge in [-0.2, -0.15) is 0 Å². The molecule has 1 aromatic carbocycles. The Bertz CT molecular complexity index is 855. The molecule has 0 spiro atoms. The standard InChI is InChI=1S/C16H12N2O4S2/c1-2-17-15(19)14(24-16(17)23)9-12-7-8-13(22-12)10-3-5-11(6-4-10)18(20)21/h3-9H,2H2,1H3/b14-9+. The molecule has 6 nitrogen and oxygen atoms in total. The highest BCUT2D eigenvalue weighted by atomic mass is 32.2. The maximum atomic E-state index is 12.2. The summed E-state index contributed by atoms with van der Waals surface area (Å²) < 4.78 is 6.25. The monoisotopic (exact) mass is 360 g/mol. The summed E-state index contributed by atoms with van der Waals surface area (Å²) in [5.74, 6) is 0.975. The van der Waals surface area contributed by atoms with Crippen molar-refractivity contribution in [3.8, 4) is 11.3 Å². The third kappa shape index (κ3) is 3.10. The first-order valence-electron chi connectivity index (χ1n) is 7.09. The zero-order valence-corrected chi connectivity index (χ0v) is 14.2. The van der Waals surface area contributed by atoms with Gasteiger partial charge in [0.25, 0.3) is 11.6 Å². The van der Waals surface area contributed by atoms with Crippen molar-refractivity contribution in [3.05, 3.63) is 57.2 Å². The number of hydrogen-bond acceptors (Lipinski definition) is 6. The molecule has 0 atom stereocenters. The van der Waals surface area contributed by atoms with E-state index in [1.165, 1.54) is 28.8 Å². The molecule has 1 aliphatic heterocycles. The van der Waals surface area contributed by atoms with Gasteiger partial charge in [0.05, 0.1) is 9.83 Å². The van der Waals surface area contributed by atoms with Crippen LogP contribution in [0.5, 0.6) is 0 Å². The van der Waals surface area contributed by atoms with Gasteiger partial charge in [-0.1, -0.05) is 24.0 Å². The molecule has 2 aromatic rings. The normalized spacial score (nSPS) is 16.2. The number of amides is 1. The van der Waals surface area contributed by atoms with Crippen LogP contribution in [0, 0.1) is 10.1 Å². The number of nitrogens with zero attached hydrogens (tertiary/aromatic N) is 2. The molecule has 122 valence electrons. The molecule has 3 rings (SSSR count). The second-order valence-electron chi connectivity index (χ2n) is 4.93. The zero-order chi connectivity index (χ0) is 17.3. The second kappa shape index (κ2) is 6.58.